The Morgan fingerprint density at radius 1 is 1.27 bits per heavy atom. The Morgan fingerprint density at radius 3 is 2.77 bits per heavy atom. The van der Waals surface area contributed by atoms with E-state index in [-0.39, 0.29) is 43.0 Å². The number of carbonyl (C=O) groups excluding carboxylic acids is 3. The van der Waals surface area contributed by atoms with Gasteiger partial charge in [-0.1, -0.05) is 31.1 Å². The third-order valence-corrected chi connectivity index (χ3v) is 5.29. The van der Waals surface area contributed by atoms with Gasteiger partial charge in [0.2, 0.25) is 23.6 Å². The summed E-state index contributed by atoms with van der Waals surface area (Å²) >= 11 is 0. The average molecular weight is 411 g/mol. The Balaban J connectivity index is 1.36. The van der Waals surface area contributed by atoms with Crippen molar-refractivity contribution in [1.29, 1.82) is 0 Å². The molecule has 158 valence electrons. The molecule has 1 aromatic carbocycles. The number of amides is 3. The maximum atomic E-state index is 12.7. The highest BCUT2D eigenvalue weighted by Gasteiger charge is 2.32. The summed E-state index contributed by atoms with van der Waals surface area (Å²) in [5.41, 5.74) is 1.23. The van der Waals surface area contributed by atoms with E-state index in [1.807, 2.05) is 13.8 Å². The molecule has 2 N–H and O–H groups in total. The normalized spacial score (nSPS) is 16.8. The van der Waals surface area contributed by atoms with E-state index in [0.29, 0.717) is 29.0 Å². The van der Waals surface area contributed by atoms with Crippen molar-refractivity contribution in [2.75, 3.05) is 16.8 Å². The minimum atomic E-state index is -0.408. The van der Waals surface area contributed by atoms with Crippen LogP contribution in [0.1, 0.15) is 63.2 Å². The van der Waals surface area contributed by atoms with Crippen LogP contribution < -0.4 is 15.5 Å². The average Bonchev–Trinajstić information content (AvgIpc) is 3.46. The summed E-state index contributed by atoms with van der Waals surface area (Å²) in [6.45, 7) is 3.86. The van der Waals surface area contributed by atoms with Crippen molar-refractivity contribution in [3.05, 3.63) is 36.0 Å². The molecule has 3 amide bonds. The Kier molecular flexibility index (Phi) is 5.52. The van der Waals surface area contributed by atoms with Crippen molar-refractivity contribution in [2.45, 2.75) is 51.5 Å². The third-order valence-electron chi connectivity index (χ3n) is 5.29. The van der Waals surface area contributed by atoms with Crippen LogP contribution >= 0.6 is 0 Å². The lowest BCUT2D eigenvalue weighted by molar-refractivity contribution is -0.126. The summed E-state index contributed by atoms with van der Waals surface area (Å²) in [5.74, 6) is 0.706. The van der Waals surface area contributed by atoms with Crippen molar-refractivity contribution in [1.82, 2.24) is 15.5 Å². The van der Waals surface area contributed by atoms with Gasteiger partial charge in [0.15, 0.2) is 5.82 Å². The van der Waals surface area contributed by atoms with Crippen LogP contribution in [-0.4, -0.2) is 34.4 Å². The molecular weight excluding hydrogens is 386 g/mol. The summed E-state index contributed by atoms with van der Waals surface area (Å²) in [6, 6.07) is 6.70. The standard InChI is InChI=1S/C21H25N5O4/c1-12(2)19(21-24-20(25-30-21)13-7-8-13)23-16(27)9-10-18(29)26-11-17(28)22-14-5-3-4-6-15(14)26/h3-6,12-13,19H,7-11H2,1-2H3,(H,22,28)(H,23,27). The summed E-state index contributed by atoms with van der Waals surface area (Å²) in [7, 11) is 0. The molecule has 1 atom stereocenters. The first-order chi connectivity index (χ1) is 14.4. The zero-order valence-corrected chi connectivity index (χ0v) is 17.1. The van der Waals surface area contributed by atoms with Gasteiger partial charge < -0.3 is 20.1 Å². The minimum Gasteiger partial charge on any atom is -0.344 e. The number of anilines is 2. The summed E-state index contributed by atoms with van der Waals surface area (Å²) in [5, 5.41) is 9.67. The number of rotatable bonds is 7. The lowest BCUT2D eigenvalue weighted by Crippen LogP contribution is -2.42. The van der Waals surface area contributed by atoms with Crippen molar-refractivity contribution in [2.24, 2.45) is 5.92 Å². The zero-order chi connectivity index (χ0) is 21.3. The molecule has 9 nitrogen and oxygen atoms in total. The van der Waals surface area contributed by atoms with E-state index < -0.39 is 6.04 Å². The fourth-order valence-corrected chi connectivity index (χ4v) is 3.45. The van der Waals surface area contributed by atoms with E-state index in [0.717, 1.165) is 12.8 Å². The fourth-order valence-electron chi connectivity index (χ4n) is 3.45. The number of aromatic nitrogens is 2. The van der Waals surface area contributed by atoms with E-state index in [2.05, 4.69) is 20.8 Å². The number of benzene rings is 1. The summed E-state index contributed by atoms with van der Waals surface area (Å²) in [4.78, 5) is 43.0. The highest BCUT2D eigenvalue weighted by molar-refractivity contribution is 6.10. The van der Waals surface area contributed by atoms with Crippen LogP contribution in [0.25, 0.3) is 0 Å². The van der Waals surface area contributed by atoms with Gasteiger partial charge in [-0.05, 0) is 30.9 Å². The van der Waals surface area contributed by atoms with Crippen molar-refractivity contribution in [3.63, 3.8) is 0 Å². The molecule has 1 aromatic heterocycles. The van der Waals surface area contributed by atoms with E-state index in [1.165, 1.54) is 4.90 Å². The van der Waals surface area contributed by atoms with Crippen molar-refractivity contribution in [3.8, 4) is 0 Å². The smallest absolute Gasteiger partial charge is 0.249 e. The van der Waals surface area contributed by atoms with Crippen LogP contribution in [-0.2, 0) is 14.4 Å². The number of nitrogens with one attached hydrogen (secondary N) is 2. The number of nitrogens with zero attached hydrogens (tertiary/aromatic N) is 3. The van der Waals surface area contributed by atoms with Gasteiger partial charge in [-0.3, -0.25) is 14.4 Å². The molecule has 9 heteroatoms. The van der Waals surface area contributed by atoms with E-state index in [9.17, 15) is 14.4 Å². The first kappa shape index (κ1) is 20.1. The van der Waals surface area contributed by atoms with Gasteiger partial charge in [0.05, 0.1) is 11.4 Å². The van der Waals surface area contributed by atoms with Gasteiger partial charge in [-0.25, -0.2) is 0 Å². The molecule has 2 aliphatic rings. The maximum absolute atomic E-state index is 12.7. The van der Waals surface area contributed by atoms with Gasteiger partial charge in [-0.2, -0.15) is 4.98 Å². The molecule has 0 bridgehead atoms. The molecule has 1 aliphatic carbocycles. The number of para-hydroxylation sites is 2. The van der Waals surface area contributed by atoms with Crippen LogP contribution in [0.4, 0.5) is 11.4 Å². The highest BCUT2D eigenvalue weighted by atomic mass is 16.5. The van der Waals surface area contributed by atoms with Gasteiger partial charge in [0, 0.05) is 18.8 Å². The molecule has 0 radical (unpaired) electrons. The van der Waals surface area contributed by atoms with Crippen molar-refractivity contribution >= 4 is 29.1 Å². The predicted molar refractivity (Wildman–Crippen MR) is 109 cm³/mol. The quantitative estimate of drug-likeness (QED) is 0.723. The predicted octanol–water partition coefficient (Wildman–Crippen LogP) is 2.53. The fraction of sp³-hybridized carbons (Fsp3) is 0.476. The number of hydrogen-bond acceptors (Lipinski definition) is 6. The van der Waals surface area contributed by atoms with Crippen LogP contribution in [0.15, 0.2) is 28.8 Å². The molecule has 1 aliphatic heterocycles. The second kappa shape index (κ2) is 8.25. The van der Waals surface area contributed by atoms with Gasteiger partial charge in [0.25, 0.3) is 0 Å². The minimum absolute atomic E-state index is 0.00454. The molecule has 1 unspecified atom stereocenters. The lowest BCUT2D eigenvalue weighted by atomic mass is 10.0. The van der Waals surface area contributed by atoms with E-state index in [4.69, 9.17) is 4.52 Å². The number of hydrogen-bond donors (Lipinski definition) is 2. The van der Waals surface area contributed by atoms with Crippen molar-refractivity contribution < 1.29 is 18.9 Å². The Labute approximate surface area is 174 Å². The molecule has 2 heterocycles. The molecule has 1 saturated carbocycles. The summed E-state index contributed by atoms with van der Waals surface area (Å²) < 4.78 is 5.37. The molecule has 2 aromatic rings. The first-order valence-corrected chi connectivity index (χ1v) is 10.2. The molecular formula is C21H25N5O4. The molecule has 30 heavy (non-hydrogen) atoms. The molecule has 1 fully saturated rings. The topological polar surface area (TPSA) is 117 Å². The monoisotopic (exact) mass is 411 g/mol. The Hall–Kier alpha value is -3.23. The molecule has 0 spiro atoms. The second-order valence-electron chi connectivity index (χ2n) is 8.10. The summed E-state index contributed by atoms with van der Waals surface area (Å²) in [6.07, 6.45) is 2.14. The lowest BCUT2D eigenvalue weighted by Gasteiger charge is -2.29. The van der Waals surface area contributed by atoms with E-state index >= 15 is 0 Å². The van der Waals surface area contributed by atoms with Gasteiger partial charge in [0.1, 0.15) is 12.6 Å². The largest absolute Gasteiger partial charge is 0.344 e. The van der Waals surface area contributed by atoms with Crippen LogP contribution in [0, 0.1) is 5.92 Å². The number of fused-ring (bicyclic) bond motifs is 1. The zero-order valence-electron chi connectivity index (χ0n) is 17.1. The van der Waals surface area contributed by atoms with Crippen LogP contribution in [0.2, 0.25) is 0 Å². The maximum Gasteiger partial charge on any atom is 0.249 e. The Morgan fingerprint density at radius 2 is 2.03 bits per heavy atom. The molecule has 0 saturated heterocycles. The van der Waals surface area contributed by atoms with E-state index in [1.54, 1.807) is 24.3 Å². The van der Waals surface area contributed by atoms with Gasteiger partial charge in [-0.15, -0.1) is 0 Å². The molecule has 4 rings (SSSR count). The van der Waals surface area contributed by atoms with Crippen LogP contribution in [0.5, 0.6) is 0 Å². The third kappa shape index (κ3) is 4.34. The first-order valence-electron chi connectivity index (χ1n) is 10.2. The Bertz CT molecular complexity index is 966. The number of carbonyl (C=O) groups is 3. The van der Waals surface area contributed by atoms with Crippen LogP contribution in [0.3, 0.4) is 0 Å². The SMILES string of the molecule is CC(C)C(NC(=O)CCC(=O)N1CC(=O)Nc2ccccc21)c1nc(C2CC2)no1. The van der Waals surface area contributed by atoms with Gasteiger partial charge >= 0.3 is 0 Å². The highest BCUT2D eigenvalue weighted by Crippen LogP contribution is 2.38. The second-order valence-corrected chi connectivity index (χ2v) is 8.10.